The first kappa shape index (κ1) is 13.4. The predicted molar refractivity (Wildman–Crippen MR) is 72.9 cm³/mol. The van der Waals surface area contributed by atoms with Gasteiger partial charge in [-0.05, 0) is 29.8 Å². The lowest BCUT2D eigenvalue weighted by molar-refractivity contribution is -0.137. The van der Waals surface area contributed by atoms with Crippen molar-refractivity contribution in [3.63, 3.8) is 0 Å². The summed E-state index contributed by atoms with van der Waals surface area (Å²) in [5.41, 5.74) is -0.257. The molecule has 5 heteroatoms. The molecule has 0 N–H and O–H groups in total. The molecule has 3 aromatic rings. The third kappa shape index (κ3) is 2.54. The van der Waals surface area contributed by atoms with Gasteiger partial charge < -0.3 is 4.42 Å². The van der Waals surface area contributed by atoms with Crippen LogP contribution in [0.3, 0.4) is 0 Å². The first-order valence-electron chi connectivity index (χ1n) is 6.16. The molecular formula is C16H9F3O2. The number of alkyl halides is 3. The van der Waals surface area contributed by atoms with Gasteiger partial charge >= 0.3 is 11.8 Å². The Morgan fingerprint density at radius 2 is 1.57 bits per heavy atom. The van der Waals surface area contributed by atoms with Crippen molar-refractivity contribution in [1.82, 2.24) is 0 Å². The zero-order valence-corrected chi connectivity index (χ0v) is 10.6. The van der Waals surface area contributed by atoms with Crippen molar-refractivity contribution in [1.29, 1.82) is 0 Å². The van der Waals surface area contributed by atoms with Crippen LogP contribution in [0.15, 0.2) is 63.8 Å². The monoisotopic (exact) mass is 290 g/mol. The second kappa shape index (κ2) is 4.77. The lowest BCUT2D eigenvalue weighted by Gasteiger charge is -2.07. The van der Waals surface area contributed by atoms with Crippen molar-refractivity contribution < 1.29 is 17.6 Å². The number of hydrogen-bond donors (Lipinski definition) is 0. The molecule has 0 spiro atoms. The molecule has 0 aliphatic heterocycles. The Morgan fingerprint density at radius 1 is 0.905 bits per heavy atom. The minimum Gasteiger partial charge on any atom is -0.422 e. The molecule has 21 heavy (non-hydrogen) atoms. The summed E-state index contributed by atoms with van der Waals surface area (Å²) in [6.07, 6.45) is -4.40. The first-order valence-corrected chi connectivity index (χ1v) is 6.16. The van der Waals surface area contributed by atoms with Gasteiger partial charge in [0.1, 0.15) is 5.58 Å². The molecule has 2 nitrogen and oxygen atoms in total. The van der Waals surface area contributed by atoms with E-state index >= 15 is 0 Å². The van der Waals surface area contributed by atoms with E-state index in [0.29, 0.717) is 16.5 Å². The minimum absolute atomic E-state index is 0.238. The zero-order valence-electron chi connectivity index (χ0n) is 10.6. The van der Waals surface area contributed by atoms with Gasteiger partial charge in [0.05, 0.1) is 11.1 Å². The largest absolute Gasteiger partial charge is 0.422 e. The summed E-state index contributed by atoms with van der Waals surface area (Å²) in [5, 5.41) is 0.715. The van der Waals surface area contributed by atoms with Gasteiger partial charge in [-0.15, -0.1) is 0 Å². The van der Waals surface area contributed by atoms with Crippen molar-refractivity contribution in [2.45, 2.75) is 6.18 Å². The molecule has 0 unspecified atom stereocenters. The van der Waals surface area contributed by atoms with E-state index in [0.717, 1.165) is 12.1 Å². The number of rotatable bonds is 1. The summed E-state index contributed by atoms with van der Waals surface area (Å²) in [5.74, 6) is 0. The lowest BCUT2D eigenvalue weighted by atomic mass is 10.0. The number of hydrogen-bond acceptors (Lipinski definition) is 2. The fourth-order valence-corrected chi connectivity index (χ4v) is 2.10. The zero-order chi connectivity index (χ0) is 15.0. The molecule has 0 atom stereocenters. The molecule has 0 saturated carbocycles. The molecule has 0 bridgehead atoms. The van der Waals surface area contributed by atoms with Crippen LogP contribution in [-0.2, 0) is 6.18 Å². The van der Waals surface area contributed by atoms with Crippen molar-refractivity contribution in [2.24, 2.45) is 0 Å². The van der Waals surface area contributed by atoms with Gasteiger partial charge in [-0.1, -0.05) is 30.3 Å². The molecule has 3 rings (SSSR count). The Hall–Kier alpha value is -2.56. The molecule has 106 valence electrons. The lowest BCUT2D eigenvalue weighted by Crippen LogP contribution is -2.05. The van der Waals surface area contributed by atoms with Crippen LogP contribution in [0.5, 0.6) is 0 Å². The maximum Gasteiger partial charge on any atom is 0.416 e. The van der Waals surface area contributed by atoms with Crippen molar-refractivity contribution >= 4 is 11.0 Å². The van der Waals surface area contributed by atoms with E-state index in [4.69, 9.17) is 4.42 Å². The van der Waals surface area contributed by atoms with E-state index in [1.165, 1.54) is 12.1 Å². The topological polar surface area (TPSA) is 30.2 Å². The highest BCUT2D eigenvalue weighted by Crippen LogP contribution is 2.30. The van der Waals surface area contributed by atoms with Crippen LogP contribution in [-0.4, -0.2) is 0 Å². The van der Waals surface area contributed by atoms with Gasteiger partial charge in [0.15, 0.2) is 0 Å². The average molecular weight is 290 g/mol. The van der Waals surface area contributed by atoms with E-state index in [9.17, 15) is 18.0 Å². The number of para-hydroxylation sites is 1. The molecule has 0 radical (unpaired) electrons. The van der Waals surface area contributed by atoms with E-state index in [1.807, 2.05) is 0 Å². The van der Waals surface area contributed by atoms with E-state index < -0.39 is 17.4 Å². The van der Waals surface area contributed by atoms with Gasteiger partial charge in [0, 0.05) is 5.39 Å². The predicted octanol–water partition coefficient (Wildman–Crippen LogP) is 4.48. The van der Waals surface area contributed by atoms with Crippen LogP contribution in [0.25, 0.3) is 22.1 Å². The van der Waals surface area contributed by atoms with Crippen LogP contribution in [0, 0.1) is 0 Å². The van der Waals surface area contributed by atoms with Gasteiger partial charge in [0.25, 0.3) is 0 Å². The highest BCUT2D eigenvalue weighted by molar-refractivity contribution is 5.81. The Bertz CT molecular complexity index is 846. The highest BCUT2D eigenvalue weighted by atomic mass is 19.4. The van der Waals surface area contributed by atoms with Crippen LogP contribution < -0.4 is 5.63 Å². The molecular weight excluding hydrogens is 281 g/mol. The summed E-state index contributed by atoms with van der Waals surface area (Å²) in [7, 11) is 0. The van der Waals surface area contributed by atoms with E-state index in [-0.39, 0.29) is 5.56 Å². The second-order valence-electron chi connectivity index (χ2n) is 4.56. The fraction of sp³-hybridized carbons (Fsp3) is 0.0625. The second-order valence-corrected chi connectivity index (χ2v) is 4.56. The van der Waals surface area contributed by atoms with Gasteiger partial charge in [-0.25, -0.2) is 4.79 Å². The number of halogens is 3. The molecule has 0 aliphatic carbocycles. The first-order chi connectivity index (χ1) is 9.95. The third-order valence-electron chi connectivity index (χ3n) is 3.16. The number of benzene rings is 2. The summed E-state index contributed by atoms with van der Waals surface area (Å²) in [6, 6.07) is 13.0. The normalized spacial score (nSPS) is 11.8. The molecule has 0 fully saturated rings. The molecule has 0 amide bonds. The van der Waals surface area contributed by atoms with Crippen molar-refractivity contribution in [3.05, 3.63) is 70.6 Å². The smallest absolute Gasteiger partial charge is 0.416 e. The molecule has 1 aromatic heterocycles. The minimum atomic E-state index is -4.40. The van der Waals surface area contributed by atoms with Gasteiger partial charge in [0.2, 0.25) is 0 Å². The summed E-state index contributed by atoms with van der Waals surface area (Å²) < 4.78 is 42.8. The molecule has 1 heterocycles. The fourth-order valence-electron chi connectivity index (χ4n) is 2.10. The van der Waals surface area contributed by atoms with Crippen LogP contribution in [0.1, 0.15) is 5.56 Å². The Kier molecular flexibility index (Phi) is 3.05. The summed E-state index contributed by atoms with van der Waals surface area (Å²) >= 11 is 0. The summed E-state index contributed by atoms with van der Waals surface area (Å²) in [4.78, 5) is 11.9. The Morgan fingerprint density at radius 3 is 2.24 bits per heavy atom. The SMILES string of the molecule is O=c1oc2ccccc2cc1-c1ccc(C(F)(F)F)cc1. The average Bonchev–Trinajstić information content (AvgIpc) is 2.46. The quantitative estimate of drug-likeness (QED) is 0.619. The van der Waals surface area contributed by atoms with Crippen LogP contribution in [0.4, 0.5) is 13.2 Å². The van der Waals surface area contributed by atoms with Gasteiger partial charge in [-0.2, -0.15) is 13.2 Å². The number of fused-ring (bicyclic) bond motifs is 1. The third-order valence-corrected chi connectivity index (χ3v) is 3.16. The standard InChI is InChI=1S/C16H9F3O2/c17-16(18,19)12-7-5-10(6-8-12)13-9-11-3-1-2-4-14(11)21-15(13)20/h1-9H. The van der Waals surface area contributed by atoms with Gasteiger partial charge in [-0.3, -0.25) is 0 Å². The van der Waals surface area contributed by atoms with Crippen LogP contribution in [0.2, 0.25) is 0 Å². The highest BCUT2D eigenvalue weighted by Gasteiger charge is 2.30. The molecule has 2 aromatic carbocycles. The maximum atomic E-state index is 12.5. The molecule has 0 saturated heterocycles. The Labute approximate surface area is 117 Å². The Balaban J connectivity index is 2.12. The van der Waals surface area contributed by atoms with E-state index in [2.05, 4.69) is 0 Å². The van der Waals surface area contributed by atoms with E-state index in [1.54, 1.807) is 30.3 Å². The summed E-state index contributed by atoms with van der Waals surface area (Å²) in [6.45, 7) is 0. The maximum absolute atomic E-state index is 12.5. The van der Waals surface area contributed by atoms with Crippen molar-refractivity contribution in [2.75, 3.05) is 0 Å². The van der Waals surface area contributed by atoms with Crippen LogP contribution >= 0.6 is 0 Å². The molecule has 0 aliphatic rings. The van der Waals surface area contributed by atoms with Crippen molar-refractivity contribution in [3.8, 4) is 11.1 Å².